The van der Waals surface area contributed by atoms with Crippen molar-refractivity contribution in [1.82, 2.24) is 5.32 Å². The van der Waals surface area contributed by atoms with Crippen LogP contribution in [-0.4, -0.2) is 46.7 Å². The molecule has 4 nitrogen and oxygen atoms in total. The Morgan fingerprint density at radius 2 is 1.62 bits per heavy atom. The van der Waals surface area contributed by atoms with Gasteiger partial charge in [-0.15, -0.1) is 0 Å². The number of piperidine rings is 1. The van der Waals surface area contributed by atoms with Gasteiger partial charge in [0.2, 0.25) is 0 Å². The SMILES string of the molecule is CCCCCCCCCCCC[C@@H](O)/C=C1\CCN[C@@H](CO)[C@@H]1O. The molecule has 3 atom stereocenters. The lowest BCUT2D eigenvalue weighted by molar-refractivity contribution is 0.0980. The second-order valence-electron chi connectivity index (χ2n) is 7.22. The third-order valence-electron chi connectivity index (χ3n) is 5.04. The summed E-state index contributed by atoms with van der Waals surface area (Å²) in [6.07, 6.45) is 15.1. The third-order valence-corrected chi connectivity index (χ3v) is 5.04. The van der Waals surface area contributed by atoms with E-state index in [4.69, 9.17) is 0 Å². The van der Waals surface area contributed by atoms with Gasteiger partial charge in [0.25, 0.3) is 0 Å². The second kappa shape index (κ2) is 13.8. The van der Waals surface area contributed by atoms with E-state index in [0.29, 0.717) is 0 Å². The fourth-order valence-corrected chi connectivity index (χ4v) is 3.44. The summed E-state index contributed by atoms with van der Waals surface area (Å²) in [5.41, 5.74) is 0.868. The van der Waals surface area contributed by atoms with Gasteiger partial charge in [0, 0.05) is 0 Å². The zero-order chi connectivity index (χ0) is 17.6. The molecular weight excluding hydrogens is 302 g/mol. The largest absolute Gasteiger partial charge is 0.395 e. The molecule has 0 spiro atoms. The standard InChI is InChI=1S/C20H39NO3/c1-2-3-4-5-6-7-8-9-10-11-12-18(23)15-17-13-14-21-19(16-22)20(17)24/h15,18-24H,2-14,16H2,1H3/b17-15+/t18-,19+,20-/m1/s1. The molecule has 0 bridgehead atoms. The van der Waals surface area contributed by atoms with E-state index in [9.17, 15) is 15.3 Å². The van der Waals surface area contributed by atoms with Gasteiger partial charge in [-0.3, -0.25) is 0 Å². The average Bonchev–Trinajstić information content (AvgIpc) is 2.58. The van der Waals surface area contributed by atoms with Gasteiger partial charge in [0.15, 0.2) is 0 Å². The van der Waals surface area contributed by atoms with Gasteiger partial charge >= 0.3 is 0 Å². The maximum atomic E-state index is 10.1. The van der Waals surface area contributed by atoms with E-state index in [-0.39, 0.29) is 12.6 Å². The Labute approximate surface area is 148 Å². The zero-order valence-electron chi connectivity index (χ0n) is 15.6. The van der Waals surface area contributed by atoms with Crippen molar-refractivity contribution in [2.75, 3.05) is 13.2 Å². The summed E-state index contributed by atoms with van der Waals surface area (Å²) < 4.78 is 0. The molecule has 4 heteroatoms. The Kier molecular flexibility index (Phi) is 12.5. The monoisotopic (exact) mass is 341 g/mol. The van der Waals surface area contributed by atoms with Crippen LogP contribution in [0.4, 0.5) is 0 Å². The van der Waals surface area contributed by atoms with Crippen molar-refractivity contribution in [3.05, 3.63) is 11.6 Å². The van der Waals surface area contributed by atoms with Crippen LogP contribution in [0.3, 0.4) is 0 Å². The quantitative estimate of drug-likeness (QED) is 0.306. The predicted octanol–water partition coefficient (Wildman–Crippen LogP) is 3.30. The van der Waals surface area contributed by atoms with Gasteiger partial charge in [0.1, 0.15) is 0 Å². The third kappa shape index (κ3) is 9.16. The molecule has 142 valence electrons. The molecule has 1 rings (SSSR count). The first-order valence-electron chi connectivity index (χ1n) is 10.1. The van der Waals surface area contributed by atoms with Crippen molar-refractivity contribution in [3.8, 4) is 0 Å². The molecule has 0 amide bonds. The zero-order valence-corrected chi connectivity index (χ0v) is 15.6. The number of rotatable bonds is 13. The average molecular weight is 342 g/mol. The van der Waals surface area contributed by atoms with Crippen molar-refractivity contribution in [2.45, 2.75) is 102 Å². The van der Waals surface area contributed by atoms with E-state index in [2.05, 4.69) is 12.2 Å². The molecule has 1 saturated heterocycles. The smallest absolute Gasteiger partial charge is 0.0926 e. The lowest BCUT2D eigenvalue weighted by atomic mass is 9.93. The highest BCUT2D eigenvalue weighted by Gasteiger charge is 2.26. The highest BCUT2D eigenvalue weighted by atomic mass is 16.3. The Bertz CT molecular complexity index is 333. The van der Waals surface area contributed by atoms with E-state index in [1.807, 2.05) is 6.08 Å². The number of aliphatic hydroxyl groups is 3. The lowest BCUT2D eigenvalue weighted by Crippen LogP contribution is -2.48. The van der Waals surface area contributed by atoms with E-state index in [1.165, 1.54) is 57.8 Å². The number of hydrogen-bond donors (Lipinski definition) is 4. The van der Waals surface area contributed by atoms with Crippen LogP contribution < -0.4 is 5.32 Å². The highest BCUT2D eigenvalue weighted by Crippen LogP contribution is 2.18. The van der Waals surface area contributed by atoms with E-state index < -0.39 is 12.2 Å². The normalized spacial score (nSPS) is 24.4. The molecule has 0 radical (unpaired) electrons. The molecule has 1 heterocycles. The molecule has 0 aromatic heterocycles. The molecule has 0 unspecified atom stereocenters. The summed E-state index contributed by atoms with van der Waals surface area (Å²) in [4.78, 5) is 0. The minimum Gasteiger partial charge on any atom is -0.395 e. The summed E-state index contributed by atoms with van der Waals surface area (Å²) in [5.74, 6) is 0. The van der Waals surface area contributed by atoms with Gasteiger partial charge in [-0.1, -0.05) is 77.2 Å². The molecule has 0 aliphatic carbocycles. The molecule has 0 saturated carbocycles. The lowest BCUT2D eigenvalue weighted by Gasteiger charge is -2.30. The van der Waals surface area contributed by atoms with Gasteiger partial charge in [0.05, 0.1) is 24.9 Å². The molecule has 0 aromatic carbocycles. The summed E-state index contributed by atoms with van der Waals surface area (Å²) in [6.45, 7) is 2.92. The van der Waals surface area contributed by atoms with Crippen molar-refractivity contribution in [1.29, 1.82) is 0 Å². The number of unbranched alkanes of at least 4 members (excludes halogenated alkanes) is 9. The predicted molar refractivity (Wildman–Crippen MR) is 100 cm³/mol. The Hall–Kier alpha value is -0.420. The van der Waals surface area contributed by atoms with Gasteiger partial charge in [-0.05, 0) is 25.0 Å². The van der Waals surface area contributed by atoms with Crippen LogP contribution in [0, 0.1) is 0 Å². The fourth-order valence-electron chi connectivity index (χ4n) is 3.44. The minimum absolute atomic E-state index is 0.0763. The maximum absolute atomic E-state index is 10.1. The first-order chi connectivity index (χ1) is 11.7. The van der Waals surface area contributed by atoms with Crippen LogP contribution in [0.25, 0.3) is 0 Å². The summed E-state index contributed by atoms with van der Waals surface area (Å²) >= 11 is 0. The Morgan fingerprint density at radius 1 is 1.04 bits per heavy atom. The van der Waals surface area contributed by atoms with Crippen molar-refractivity contribution in [3.63, 3.8) is 0 Å². The Morgan fingerprint density at radius 3 is 2.21 bits per heavy atom. The fraction of sp³-hybridized carbons (Fsp3) is 0.900. The maximum Gasteiger partial charge on any atom is 0.0926 e. The van der Waals surface area contributed by atoms with E-state index in [0.717, 1.165) is 31.4 Å². The summed E-state index contributed by atoms with van der Waals surface area (Å²) in [5, 5.41) is 32.5. The first-order valence-corrected chi connectivity index (χ1v) is 10.1. The number of aliphatic hydroxyl groups excluding tert-OH is 3. The highest BCUT2D eigenvalue weighted by molar-refractivity contribution is 5.16. The first kappa shape index (κ1) is 21.6. The minimum atomic E-state index is -0.675. The van der Waals surface area contributed by atoms with Crippen LogP contribution in [0.2, 0.25) is 0 Å². The van der Waals surface area contributed by atoms with Crippen LogP contribution in [0.1, 0.15) is 84.0 Å². The molecular formula is C20H39NO3. The van der Waals surface area contributed by atoms with Crippen molar-refractivity contribution in [2.24, 2.45) is 0 Å². The van der Waals surface area contributed by atoms with E-state index in [1.54, 1.807) is 0 Å². The summed E-state index contributed by atoms with van der Waals surface area (Å²) in [7, 11) is 0. The van der Waals surface area contributed by atoms with E-state index >= 15 is 0 Å². The van der Waals surface area contributed by atoms with Crippen LogP contribution >= 0.6 is 0 Å². The number of nitrogens with one attached hydrogen (secondary N) is 1. The molecule has 4 N–H and O–H groups in total. The number of hydrogen-bond acceptors (Lipinski definition) is 4. The molecule has 24 heavy (non-hydrogen) atoms. The molecule has 1 aliphatic heterocycles. The molecule has 1 aliphatic rings. The topological polar surface area (TPSA) is 72.7 Å². The van der Waals surface area contributed by atoms with Crippen LogP contribution in [0.15, 0.2) is 11.6 Å². The van der Waals surface area contributed by atoms with Crippen molar-refractivity contribution < 1.29 is 15.3 Å². The van der Waals surface area contributed by atoms with Gasteiger partial charge in [-0.25, -0.2) is 0 Å². The van der Waals surface area contributed by atoms with Crippen molar-refractivity contribution >= 4 is 0 Å². The molecule has 0 aromatic rings. The van der Waals surface area contributed by atoms with Gasteiger partial charge < -0.3 is 20.6 Å². The van der Waals surface area contributed by atoms with Gasteiger partial charge in [-0.2, -0.15) is 0 Å². The second-order valence-corrected chi connectivity index (χ2v) is 7.22. The van der Waals surface area contributed by atoms with Crippen LogP contribution in [0.5, 0.6) is 0 Å². The summed E-state index contributed by atoms with van der Waals surface area (Å²) in [6, 6.07) is -0.297. The van der Waals surface area contributed by atoms with Crippen LogP contribution in [-0.2, 0) is 0 Å². The Balaban J connectivity index is 2.05. The molecule has 1 fully saturated rings.